The van der Waals surface area contributed by atoms with Gasteiger partial charge in [-0.15, -0.1) is 11.3 Å². The van der Waals surface area contributed by atoms with Gasteiger partial charge < -0.3 is 0 Å². The number of ketones is 1. The molecule has 2 rings (SSSR count). The second-order valence-electron chi connectivity index (χ2n) is 5.65. The van der Waals surface area contributed by atoms with Crippen molar-refractivity contribution in [1.82, 2.24) is 0 Å². The van der Waals surface area contributed by atoms with Crippen molar-refractivity contribution in [2.24, 2.45) is 11.3 Å². The summed E-state index contributed by atoms with van der Waals surface area (Å²) in [4.78, 5) is 12.8. The van der Waals surface area contributed by atoms with Crippen LogP contribution in [0.3, 0.4) is 0 Å². The molecule has 0 amide bonds. The summed E-state index contributed by atoms with van der Waals surface area (Å²) in [5.41, 5.74) is 0.441. The highest BCUT2D eigenvalue weighted by molar-refractivity contribution is 7.20. The highest BCUT2D eigenvalue weighted by Gasteiger charge is 2.42. The quantitative estimate of drug-likeness (QED) is 0.638. The van der Waals surface area contributed by atoms with E-state index in [2.05, 4.69) is 13.8 Å². The molecule has 0 radical (unpaired) electrons. The van der Waals surface area contributed by atoms with E-state index in [4.69, 9.17) is 23.2 Å². The molecule has 0 unspecified atom stereocenters. The van der Waals surface area contributed by atoms with Gasteiger partial charge in [0, 0.05) is 11.0 Å². The largest absolute Gasteiger partial charge is 0.293 e. The Bertz CT molecular complexity index is 445. The number of carbonyl (C=O) groups excluding carboxylic acids is 1. The van der Waals surface area contributed by atoms with Crippen LogP contribution in [0.25, 0.3) is 0 Å². The van der Waals surface area contributed by atoms with E-state index in [0.717, 1.165) is 32.1 Å². The van der Waals surface area contributed by atoms with E-state index < -0.39 is 0 Å². The molecule has 1 fully saturated rings. The average Bonchev–Trinajstić information content (AvgIpc) is 2.84. The first kappa shape index (κ1) is 14.4. The van der Waals surface area contributed by atoms with Gasteiger partial charge in [0.25, 0.3) is 0 Å². The molecule has 1 aromatic rings. The summed E-state index contributed by atoms with van der Waals surface area (Å²) in [6, 6.07) is 1.73. The van der Waals surface area contributed by atoms with Gasteiger partial charge in [-0.3, -0.25) is 4.79 Å². The van der Waals surface area contributed by atoms with Gasteiger partial charge in [0.1, 0.15) is 4.34 Å². The van der Waals surface area contributed by atoms with E-state index >= 15 is 0 Å². The van der Waals surface area contributed by atoms with Crippen LogP contribution >= 0.6 is 34.5 Å². The van der Waals surface area contributed by atoms with Crippen LogP contribution in [0, 0.1) is 11.3 Å². The summed E-state index contributed by atoms with van der Waals surface area (Å²) in [6.07, 6.45) is 5.24. The molecule has 1 heterocycles. The Morgan fingerprint density at radius 2 is 2.00 bits per heavy atom. The van der Waals surface area contributed by atoms with Crippen LogP contribution in [0.2, 0.25) is 8.67 Å². The Morgan fingerprint density at radius 1 is 1.39 bits per heavy atom. The van der Waals surface area contributed by atoms with Crippen LogP contribution in [-0.4, -0.2) is 5.78 Å². The van der Waals surface area contributed by atoms with Crippen molar-refractivity contribution in [2.75, 3.05) is 0 Å². The minimum Gasteiger partial charge on any atom is -0.293 e. The molecule has 0 aromatic carbocycles. The van der Waals surface area contributed by atoms with Crippen molar-refractivity contribution < 1.29 is 4.79 Å². The number of thiophene rings is 1. The molecule has 0 saturated heterocycles. The highest BCUT2D eigenvalue weighted by atomic mass is 35.5. The van der Waals surface area contributed by atoms with E-state index in [9.17, 15) is 4.79 Å². The Balaban J connectivity index is 2.31. The maximum absolute atomic E-state index is 12.8. The molecule has 1 aliphatic carbocycles. The van der Waals surface area contributed by atoms with Gasteiger partial charge in [-0.2, -0.15) is 0 Å². The molecule has 0 aliphatic heterocycles. The summed E-state index contributed by atoms with van der Waals surface area (Å²) < 4.78 is 1.14. The van der Waals surface area contributed by atoms with Gasteiger partial charge in [0.2, 0.25) is 0 Å². The lowest BCUT2D eigenvalue weighted by Gasteiger charge is -2.29. The fraction of sp³-hybridized carbons (Fsp3) is 0.643. The van der Waals surface area contributed by atoms with Crippen molar-refractivity contribution in [3.8, 4) is 0 Å². The van der Waals surface area contributed by atoms with E-state index in [1.165, 1.54) is 11.3 Å². The summed E-state index contributed by atoms with van der Waals surface area (Å²) in [5.74, 6) is 0.738. The van der Waals surface area contributed by atoms with Gasteiger partial charge in [0.05, 0.1) is 4.34 Å². The third-order valence-corrected chi connectivity index (χ3v) is 5.23. The molecule has 1 aromatic heterocycles. The van der Waals surface area contributed by atoms with E-state index in [-0.39, 0.29) is 11.2 Å². The molecule has 0 N–H and O–H groups in total. The number of halogens is 2. The predicted molar refractivity (Wildman–Crippen MR) is 79.0 cm³/mol. The summed E-state index contributed by atoms with van der Waals surface area (Å²) in [5, 5.41) is 0. The first-order valence-corrected chi connectivity index (χ1v) is 8.01. The monoisotopic (exact) mass is 304 g/mol. The topological polar surface area (TPSA) is 17.1 Å². The maximum Gasteiger partial charge on any atom is 0.171 e. The smallest absolute Gasteiger partial charge is 0.171 e. The molecular weight excluding hydrogens is 287 g/mol. The van der Waals surface area contributed by atoms with Crippen LogP contribution in [0.4, 0.5) is 0 Å². The fourth-order valence-electron chi connectivity index (χ4n) is 3.14. The van der Waals surface area contributed by atoms with Crippen molar-refractivity contribution in [3.05, 3.63) is 20.3 Å². The predicted octanol–water partition coefficient (Wildman–Crippen LogP) is 5.84. The molecule has 0 spiro atoms. The summed E-state index contributed by atoms with van der Waals surface area (Å²) in [7, 11) is 0. The number of hydrogen-bond acceptors (Lipinski definition) is 2. The molecule has 4 heteroatoms. The van der Waals surface area contributed by atoms with Gasteiger partial charge in [-0.05, 0) is 31.2 Å². The minimum absolute atomic E-state index is 0.192. The fourth-order valence-corrected chi connectivity index (χ4v) is 4.60. The summed E-state index contributed by atoms with van der Waals surface area (Å²) >= 11 is 13.4. The lowest BCUT2D eigenvalue weighted by atomic mass is 9.73. The Kier molecular flexibility index (Phi) is 4.40. The zero-order valence-electron chi connectivity index (χ0n) is 10.8. The normalized spacial score (nSPS) is 18.5. The molecule has 18 heavy (non-hydrogen) atoms. The zero-order valence-corrected chi connectivity index (χ0v) is 13.1. The third kappa shape index (κ3) is 2.76. The SMILES string of the molecule is CC(C)CC1(C(=O)c2cc(Cl)sc2Cl)CCCC1. The molecule has 100 valence electrons. The van der Waals surface area contributed by atoms with E-state index in [1.54, 1.807) is 6.07 Å². The van der Waals surface area contributed by atoms with E-state index in [0.29, 0.717) is 20.2 Å². The average molecular weight is 305 g/mol. The second kappa shape index (κ2) is 5.52. The van der Waals surface area contributed by atoms with Crippen LogP contribution in [-0.2, 0) is 0 Å². The Hall–Kier alpha value is -0.0500. The lowest BCUT2D eigenvalue weighted by molar-refractivity contribution is 0.0760. The molecule has 1 aliphatic rings. The molecule has 1 nitrogen and oxygen atoms in total. The molecular formula is C14H18Cl2OS. The van der Waals surface area contributed by atoms with Crippen molar-refractivity contribution >= 4 is 40.3 Å². The first-order valence-electron chi connectivity index (χ1n) is 6.44. The summed E-state index contributed by atoms with van der Waals surface area (Å²) in [6.45, 7) is 4.35. The van der Waals surface area contributed by atoms with Crippen molar-refractivity contribution in [2.45, 2.75) is 46.0 Å². The third-order valence-electron chi connectivity index (χ3n) is 3.74. The van der Waals surface area contributed by atoms with Crippen molar-refractivity contribution in [1.29, 1.82) is 0 Å². The maximum atomic E-state index is 12.8. The van der Waals surface area contributed by atoms with E-state index in [1.807, 2.05) is 0 Å². The van der Waals surface area contributed by atoms with Crippen LogP contribution < -0.4 is 0 Å². The van der Waals surface area contributed by atoms with Gasteiger partial charge in [-0.25, -0.2) is 0 Å². The number of rotatable bonds is 4. The lowest BCUT2D eigenvalue weighted by Crippen LogP contribution is -2.29. The van der Waals surface area contributed by atoms with Gasteiger partial charge >= 0.3 is 0 Å². The minimum atomic E-state index is -0.192. The second-order valence-corrected chi connectivity index (χ2v) is 7.94. The zero-order chi connectivity index (χ0) is 13.3. The number of Topliss-reactive ketones (excluding diaryl/α,β-unsaturated/α-hetero) is 1. The number of hydrogen-bond donors (Lipinski definition) is 0. The standard InChI is InChI=1S/C14H18Cl2OS/c1-9(2)8-14(5-3-4-6-14)12(17)10-7-11(15)18-13(10)16/h7,9H,3-6,8H2,1-2H3. The molecule has 0 bridgehead atoms. The van der Waals surface area contributed by atoms with Crippen LogP contribution in [0.15, 0.2) is 6.07 Å². The first-order chi connectivity index (χ1) is 8.44. The van der Waals surface area contributed by atoms with Crippen molar-refractivity contribution in [3.63, 3.8) is 0 Å². The van der Waals surface area contributed by atoms with Gasteiger partial charge in [0.15, 0.2) is 5.78 Å². The van der Waals surface area contributed by atoms with Crippen LogP contribution in [0.5, 0.6) is 0 Å². The van der Waals surface area contributed by atoms with Gasteiger partial charge in [-0.1, -0.05) is 49.9 Å². The highest BCUT2D eigenvalue weighted by Crippen LogP contribution is 2.47. The van der Waals surface area contributed by atoms with Crippen LogP contribution in [0.1, 0.15) is 56.3 Å². The molecule has 1 saturated carbocycles. The Labute approximate surface area is 122 Å². The number of carbonyl (C=O) groups is 1. The Morgan fingerprint density at radius 3 is 2.44 bits per heavy atom. The molecule has 0 atom stereocenters.